The number of likely N-dealkylation sites (tertiary alicyclic amines) is 1. The first-order valence-electron chi connectivity index (χ1n) is 8.72. The van der Waals surface area contributed by atoms with Crippen molar-refractivity contribution in [1.82, 2.24) is 9.62 Å². The summed E-state index contributed by atoms with van der Waals surface area (Å²) < 4.78 is 31.8. The molecule has 0 aliphatic carbocycles. The third-order valence-electron chi connectivity index (χ3n) is 4.49. The van der Waals surface area contributed by atoms with E-state index in [1.165, 1.54) is 19.1 Å². The van der Waals surface area contributed by atoms with E-state index in [0.29, 0.717) is 19.0 Å². The van der Waals surface area contributed by atoms with Gasteiger partial charge in [-0.15, -0.1) is 0 Å². The van der Waals surface area contributed by atoms with E-state index in [-0.39, 0.29) is 17.4 Å². The highest BCUT2D eigenvalue weighted by atomic mass is 32.2. The number of amides is 1. The first-order chi connectivity index (χ1) is 12.2. The molecule has 0 radical (unpaired) electrons. The standard InChI is InChI=1S/C18H26N2O5S/c1-13-4-6-16(7-5-13)26(23,24)19-15(3)18(22)25-12-17(21)20-10-8-14(2)9-11-20/h4-7,14-15,19H,8-12H2,1-3H3/t15-/m0/s1. The smallest absolute Gasteiger partial charge is 0.324 e. The molecule has 2 rings (SSSR count). The normalized spacial score (nSPS) is 17.0. The lowest BCUT2D eigenvalue weighted by molar-refractivity contribution is -0.153. The molecule has 0 saturated carbocycles. The van der Waals surface area contributed by atoms with Gasteiger partial charge in [-0.05, 0) is 44.7 Å². The molecule has 7 nitrogen and oxygen atoms in total. The van der Waals surface area contributed by atoms with Crippen LogP contribution in [0.25, 0.3) is 0 Å². The number of hydrogen-bond donors (Lipinski definition) is 1. The molecular weight excluding hydrogens is 356 g/mol. The Morgan fingerprint density at radius 1 is 1.23 bits per heavy atom. The van der Waals surface area contributed by atoms with Crippen LogP contribution < -0.4 is 4.72 Å². The van der Waals surface area contributed by atoms with E-state index in [1.807, 2.05) is 6.92 Å². The molecule has 8 heteroatoms. The van der Waals surface area contributed by atoms with Crippen LogP contribution in [0.5, 0.6) is 0 Å². The molecule has 1 aromatic rings. The predicted octanol–water partition coefficient (Wildman–Crippen LogP) is 1.46. The summed E-state index contributed by atoms with van der Waals surface area (Å²) in [4.78, 5) is 25.9. The molecule has 0 spiro atoms. The Balaban J connectivity index is 1.85. The van der Waals surface area contributed by atoms with Crippen molar-refractivity contribution in [3.05, 3.63) is 29.8 Å². The molecule has 1 amide bonds. The molecule has 1 heterocycles. The molecule has 1 N–H and O–H groups in total. The van der Waals surface area contributed by atoms with Crippen molar-refractivity contribution >= 4 is 21.9 Å². The maximum Gasteiger partial charge on any atom is 0.324 e. The predicted molar refractivity (Wildman–Crippen MR) is 96.9 cm³/mol. The van der Waals surface area contributed by atoms with Crippen LogP contribution in [0, 0.1) is 12.8 Å². The number of aryl methyl sites for hydroxylation is 1. The van der Waals surface area contributed by atoms with E-state index in [1.54, 1.807) is 17.0 Å². The van der Waals surface area contributed by atoms with Crippen molar-refractivity contribution in [1.29, 1.82) is 0 Å². The summed E-state index contributed by atoms with van der Waals surface area (Å²) >= 11 is 0. The summed E-state index contributed by atoms with van der Waals surface area (Å²) in [6.45, 7) is 6.33. The van der Waals surface area contributed by atoms with Gasteiger partial charge in [0, 0.05) is 13.1 Å². The highest BCUT2D eigenvalue weighted by Crippen LogP contribution is 2.16. The Kier molecular flexibility index (Phi) is 6.77. The minimum absolute atomic E-state index is 0.0706. The topological polar surface area (TPSA) is 92.8 Å². The van der Waals surface area contributed by atoms with Gasteiger partial charge in [-0.2, -0.15) is 4.72 Å². The van der Waals surface area contributed by atoms with Crippen LogP contribution in [0.1, 0.15) is 32.3 Å². The van der Waals surface area contributed by atoms with Crippen molar-refractivity contribution in [3.8, 4) is 0 Å². The number of benzene rings is 1. The number of esters is 1. The summed E-state index contributed by atoms with van der Waals surface area (Å²) in [5, 5.41) is 0. The molecule has 1 aromatic carbocycles. The maximum atomic E-state index is 12.3. The quantitative estimate of drug-likeness (QED) is 0.752. The average Bonchev–Trinajstić information content (AvgIpc) is 2.60. The van der Waals surface area contributed by atoms with E-state index in [4.69, 9.17) is 4.74 Å². The number of nitrogens with zero attached hydrogens (tertiary/aromatic N) is 1. The molecule has 0 unspecified atom stereocenters. The zero-order valence-electron chi connectivity index (χ0n) is 15.4. The Morgan fingerprint density at radius 3 is 2.38 bits per heavy atom. The number of nitrogens with one attached hydrogen (secondary N) is 1. The number of rotatable bonds is 6. The van der Waals surface area contributed by atoms with E-state index >= 15 is 0 Å². The highest BCUT2D eigenvalue weighted by molar-refractivity contribution is 7.89. The molecule has 1 aliphatic heterocycles. The first-order valence-corrected chi connectivity index (χ1v) is 10.2. The van der Waals surface area contributed by atoms with E-state index in [0.717, 1.165) is 18.4 Å². The van der Waals surface area contributed by atoms with Gasteiger partial charge >= 0.3 is 5.97 Å². The second-order valence-corrected chi connectivity index (χ2v) is 8.54. The van der Waals surface area contributed by atoms with Crippen LogP contribution >= 0.6 is 0 Å². The number of ether oxygens (including phenoxy) is 1. The van der Waals surface area contributed by atoms with Crippen LogP contribution in [-0.2, 0) is 24.3 Å². The Hall–Kier alpha value is -1.93. The van der Waals surface area contributed by atoms with Crippen LogP contribution in [0.2, 0.25) is 0 Å². The minimum atomic E-state index is -3.83. The first kappa shape index (κ1) is 20.4. The Morgan fingerprint density at radius 2 is 1.81 bits per heavy atom. The fraction of sp³-hybridized carbons (Fsp3) is 0.556. The zero-order valence-corrected chi connectivity index (χ0v) is 16.2. The number of piperidine rings is 1. The van der Waals surface area contributed by atoms with Gasteiger partial charge in [0.05, 0.1) is 4.90 Å². The van der Waals surface area contributed by atoms with Crippen LogP contribution in [0.3, 0.4) is 0 Å². The second kappa shape index (κ2) is 8.64. The summed E-state index contributed by atoms with van der Waals surface area (Å²) in [5.74, 6) is -0.434. The lowest BCUT2D eigenvalue weighted by Crippen LogP contribution is -2.43. The van der Waals surface area contributed by atoms with Gasteiger partial charge < -0.3 is 9.64 Å². The van der Waals surface area contributed by atoms with Gasteiger partial charge in [-0.1, -0.05) is 24.6 Å². The van der Waals surface area contributed by atoms with Crippen LogP contribution in [-0.4, -0.2) is 50.9 Å². The molecule has 1 saturated heterocycles. The SMILES string of the molecule is Cc1ccc(S(=O)(=O)N[C@@H](C)C(=O)OCC(=O)N2CCC(C)CC2)cc1. The fourth-order valence-corrected chi connectivity index (χ4v) is 3.87. The van der Waals surface area contributed by atoms with Crippen LogP contribution in [0.15, 0.2) is 29.2 Å². The molecule has 0 bridgehead atoms. The number of hydrogen-bond acceptors (Lipinski definition) is 5. The van der Waals surface area contributed by atoms with E-state index in [2.05, 4.69) is 11.6 Å². The highest BCUT2D eigenvalue weighted by Gasteiger charge is 2.25. The van der Waals surface area contributed by atoms with Crippen molar-refractivity contribution in [2.45, 2.75) is 44.6 Å². The van der Waals surface area contributed by atoms with Gasteiger partial charge in [0.1, 0.15) is 6.04 Å². The third kappa shape index (κ3) is 5.54. The summed E-state index contributed by atoms with van der Waals surface area (Å²) in [6.07, 6.45) is 1.87. The summed E-state index contributed by atoms with van der Waals surface area (Å²) in [7, 11) is -3.83. The molecule has 0 aromatic heterocycles. The Labute approximate surface area is 154 Å². The average molecular weight is 382 g/mol. The van der Waals surface area contributed by atoms with Crippen molar-refractivity contribution in [2.75, 3.05) is 19.7 Å². The number of carbonyl (C=O) groups excluding carboxylic acids is 2. The molecule has 1 atom stereocenters. The summed E-state index contributed by atoms with van der Waals surface area (Å²) in [5.41, 5.74) is 0.932. The molecule has 1 aliphatic rings. The molecule has 144 valence electrons. The van der Waals surface area contributed by atoms with Crippen LogP contribution in [0.4, 0.5) is 0 Å². The largest absolute Gasteiger partial charge is 0.454 e. The molecule has 26 heavy (non-hydrogen) atoms. The second-order valence-electron chi connectivity index (χ2n) is 6.83. The fourth-order valence-electron chi connectivity index (χ4n) is 2.67. The third-order valence-corrected chi connectivity index (χ3v) is 6.05. The van der Waals surface area contributed by atoms with Crippen molar-refractivity contribution < 1.29 is 22.7 Å². The Bertz CT molecular complexity index is 737. The van der Waals surface area contributed by atoms with Crippen molar-refractivity contribution in [2.24, 2.45) is 5.92 Å². The maximum absolute atomic E-state index is 12.3. The van der Waals surface area contributed by atoms with E-state index in [9.17, 15) is 18.0 Å². The van der Waals surface area contributed by atoms with Gasteiger partial charge in [0.25, 0.3) is 5.91 Å². The number of carbonyl (C=O) groups is 2. The van der Waals surface area contributed by atoms with Gasteiger partial charge in [-0.25, -0.2) is 8.42 Å². The summed E-state index contributed by atoms with van der Waals surface area (Å²) in [6, 6.07) is 5.20. The van der Waals surface area contributed by atoms with Crippen molar-refractivity contribution in [3.63, 3.8) is 0 Å². The lowest BCUT2D eigenvalue weighted by atomic mass is 9.99. The van der Waals surface area contributed by atoms with Gasteiger partial charge in [0.2, 0.25) is 10.0 Å². The minimum Gasteiger partial charge on any atom is -0.454 e. The van der Waals surface area contributed by atoms with Gasteiger partial charge in [0.15, 0.2) is 6.61 Å². The molecular formula is C18H26N2O5S. The van der Waals surface area contributed by atoms with Gasteiger partial charge in [-0.3, -0.25) is 9.59 Å². The zero-order chi connectivity index (χ0) is 19.3. The van der Waals surface area contributed by atoms with E-state index < -0.39 is 22.0 Å². The molecule has 1 fully saturated rings. The lowest BCUT2D eigenvalue weighted by Gasteiger charge is -2.30. The number of sulfonamides is 1. The monoisotopic (exact) mass is 382 g/mol.